The SMILES string of the molecule is [CH]/N=C/N(C)C. The molecule has 6 heavy (non-hydrogen) atoms. The topological polar surface area (TPSA) is 15.6 Å². The molecule has 0 amide bonds. The highest BCUT2D eigenvalue weighted by Crippen LogP contribution is 1.61. The Morgan fingerprint density at radius 1 is 1.67 bits per heavy atom. The van der Waals surface area contributed by atoms with Gasteiger partial charge in [0.2, 0.25) is 0 Å². The van der Waals surface area contributed by atoms with Crippen LogP contribution in [-0.4, -0.2) is 25.3 Å². The molecule has 0 unspecified atom stereocenters. The van der Waals surface area contributed by atoms with Crippen LogP contribution in [0.4, 0.5) is 0 Å². The van der Waals surface area contributed by atoms with Gasteiger partial charge in [0.25, 0.3) is 0 Å². The summed E-state index contributed by atoms with van der Waals surface area (Å²) in [6.07, 6.45) is 1.53. The molecule has 0 aromatic carbocycles. The van der Waals surface area contributed by atoms with Crippen LogP contribution >= 0.6 is 0 Å². The fourth-order valence-electron chi connectivity index (χ4n) is 0.133. The third-order valence-corrected chi connectivity index (χ3v) is 0.298. The normalized spacial score (nSPS) is 9.83. The lowest BCUT2D eigenvalue weighted by Gasteiger charge is -1.98. The molecule has 0 rings (SSSR count). The van der Waals surface area contributed by atoms with Crippen LogP contribution < -0.4 is 0 Å². The predicted molar refractivity (Wildman–Crippen MR) is 26.5 cm³/mol. The highest BCUT2D eigenvalue weighted by molar-refractivity contribution is 5.53. The quantitative estimate of drug-likeness (QED) is 0.328. The second-order valence-corrected chi connectivity index (χ2v) is 1.23. The minimum atomic E-state index is 1.53. The molecule has 0 spiro atoms. The molecule has 0 aromatic heterocycles. The van der Waals surface area contributed by atoms with Gasteiger partial charge in [-0.05, 0) is 0 Å². The Labute approximate surface area is 38.5 Å². The lowest BCUT2D eigenvalue weighted by molar-refractivity contribution is 0.643. The summed E-state index contributed by atoms with van der Waals surface area (Å²) in [5.74, 6) is 0. The summed E-state index contributed by atoms with van der Waals surface area (Å²) in [6, 6.07) is 0. The molecule has 0 heterocycles. The van der Waals surface area contributed by atoms with E-state index in [9.17, 15) is 0 Å². The van der Waals surface area contributed by atoms with Crippen LogP contribution in [0.1, 0.15) is 0 Å². The number of rotatable bonds is 1. The zero-order valence-corrected chi connectivity index (χ0v) is 4.05. The molecule has 0 N–H and O–H groups in total. The average Bonchev–Trinajstić information content (AvgIpc) is 1.35. The van der Waals surface area contributed by atoms with Gasteiger partial charge in [-0.25, -0.2) is 0 Å². The van der Waals surface area contributed by atoms with Crippen molar-refractivity contribution in [2.75, 3.05) is 14.1 Å². The van der Waals surface area contributed by atoms with Crippen molar-refractivity contribution in [2.24, 2.45) is 4.99 Å². The van der Waals surface area contributed by atoms with E-state index in [-0.39, 0.29) is 0 Å². The third-order valence-electron chi connectivity index (χ3n) is 0.298. The van der Waals surface area contributed by atoms with Crippen LogP contribution in [0.15, 0.2) is 4.99 Å². The van der Waals surface area contributed by atoms with Gasteiger partial charge in [0, 0.05) is 14.1 Å². The third kappa shape index (κ3) is 3.47. The average molecular weight is 84.1 g/mol. The van der Waals surface area contributed by atoms with Crippen molar-refractivity contribution in [3.8, 4) is 0 Å². The molecule has 2 heteroatoms. The van der Waals surface area contributed by atoms with Gasteiger partial charge in [0.1, 0.15) is 7.05 Å². The maximum Gasteiger partial charge on any atom is 0.101 e. The summed E-state index contributed by atoms with van der Waals surface area (Å²) in [7, 11) is 8.47. The van der Waals surface area contributed by atoms with E-state index in [0.29, 0.717) is 0 Å². The lowest BCUT2D eigenvalue weighted by Crippen LogP contribution is -2.06. The van der Waals surface area contributed by atoms with E-state index in [1.807, 2.05) is 14.1 Å². The molecular weight excluding hydrogens is 76.1 g/mol. The van der Waals surface area contributed by atoms with Gasteiger partial charge in [-0.1, -0.05) is 0 Å². The Hall–Kier alpha value is -0.530. The molecule has 0 aliphatic carbocycles. The van der Waals surface area contributed by atoms with Gasteiger partial charge in [0.05, 0.1) is 6.34 Å². The molecule has 2 radical (unpaired) electrons. The minimum Gasteiger partial charge on any atom is -0.369 e. The van der Waals surface area contributed by atoms with Crippen molar-refractivity contribution in [3.63, 3.8) is 0 Å². The zero-order valence-electron chi connectivity index (χ0n) is 4.05. The lowest BCUT2D eigenvalue weighted by atomic mass is 10.9. The Bertz CT molecular complexity index is 47.5. The highest BCUT2D eigenvalue weighted by atomic mass is 15.1. The van der Waals surface area contributed by atoms with Crippen LogP contribution in [0.2, 0.25) is 0 Å². The summed E-state index contributed by atoms with van der Waals surface area (Å²) >= 11 is 0. The fourth-order valence-corrected chi connectivity index (χ4v) is 0.133. The number of hydrogen-bond donors (Lipinski definition) is 0. The van der Waals surface area contributed by atoms with Gasteiger partial charge < -0.3 is 4.90 Å². The predicted octanol–water partition coefficient (Wildman–Crippen LogP) is 0.245. The Balaban J connectivity index is 3.03. The van der Waals surface area contributed by atoms with Crippen molar-refractivity contribution >= 4 is 6.34 Å². The van der Waals surface area contributed by atoms with Gasteiger partial charge in [-0.2, -0.15) is 0 Å². The van der Waals surface area contributed by atoms with Crippen molar-refractivity contribution in [1.29, 1.82) is 0 Å². The van der Waals surface area contributed by atoms with Crippen molar-refractivity contribution in [3.05, 3.63) is 7.05 Å². The minimum absolute atomic E-state index is 1.53. The van der Waals surface area contributed by atoms with Crippen LogP contribution in [0, 0.1) is 7.05 Å². The van der Waals surface area contributed by atoms with E-state index in [1.165, 1.54) is 6.34 Å². The first kappa shape index (κ1) is 5.47. The molecule has 0 fully saturated rings. The van der Waals surface area contributed by atoms with Crippen molar-refractivity contribution in [2.45, 2.75) is 0 Å². The molecule has 0 atom stereocenters. The number of nitrogens with zero attached hydrogens (tertiary/aromatic N) is 2. The standard InChI is InChI=1S/C4H8N2/c1-5-4-6(2)3/h1,4H,2-3H3. The maximum absolute atomic E-state index is 4.76. The monoisotopic (exact) mass is 84.1 g/mol. The molecule has 0 aliphatic heterocycles. The summed E-state index contributed by atoms with van der Waals surface area (Å²) in [4.78, 5) is 5.00. The zero-order chi connectivity index (χ0) is 4.99. The summed E-state index contributed by atoms with van der Waals surface area (Å²) in [5, 5.41) is 0. The van der Waals surface area contributed by atoms with Crippen molar-refractivity contribution in [1.82, 2.24) is 4.90 Å². The second kappa shape index (κ2) is 2.69. The van der Waals surface area contributed by atoms with Crippen molar-refractivity contribution < 1.29 is 0 Å². The highest BCUT2D eigenvalue weighted by Gasteiger charge is 1.67. The molecule has 0 bridgehead atoms. The molecule has 0 aromatic rings. The summed E-state index contributed by atoms with van der Waals surface area (Å²) in [6.45, 7) is 0. The van der Waals surface area contributed by atoms with Gasteiger partial charge in [0.15, 0.2) is 0 Å². The molecule has 34 valence electrons. The number of hydrogen-bond acceptors (Lipinski definition) is 1. The van der Waals surface area contributed by atoms with Crippen LogP contribution in [-0.2, 0) is 0 Å². The Kier molecular flexibility index (Phi) is 2.46. The first-order valence-corrected chi connectivity index (χ1v) is 1.67. The van der Waals surface area contributed by atoms with E-state index in [4.69, 9.17) is 7.05 Å². The van der Waals surface area contributed by atoms with E-state index in [1.54, 1.807) is 4.90 Å². The fraction of sp³-hybridized carbons (Fsp3) is 0.500. The van der Waals surface area contributed by atoms with Gasteiger partial charge >= 0.3 is 0 Å². The number of aliphatic imine (C=N–C) groups is 1. The Morgan fingerprint density at radius 3 is 2.17 bits per heavy atom. The largest absolute Gasteiger partial charge is 0.369 e. The molecular formula is C4H8N2. The van der Waals surface area contributed by atoms with Gasteiger partial charge in [-0.3, -0.25) is 4.99 Å². The summed E-state index contributed by atoms with van der Waals surface area (Å²) in [5.41, 5.74) is 0. The van der Waals surface area contributed by atoms with E-state index < -0.39 is 0 Å². The van der Waals surface area contributed by atoms with Gasteiger partial charge in [-0.15, -0.1) is 0 Å². The Morgan fingerprint density at radius 2 is 2.17 bits per heavy atom. The van der Waals surface area contributed by atoms with E-state index in [0.717, 1.165) is 0 Å². The van der Waals surface area contributed by atoms with Crippen LogP contribution in [0.3, 0.4) is 0 Å². The van der Waals surface area contributed by atoms with Crippen LogP contribution in [0.5, 0.6) is 0 Å². The first-order valence-electron chi connectivity index (χ1n) is 1.67. The summed E-state index contributed by atoms with van der Waals surface area (Å²) < 4.78 is 0. The smallest absolute Gasteiger partial charge is 0.101 e. The van der Waals surface area contributed by atoms with Crippen LogP contribution in [0.25, 0.3) is 0 Å². The first-order chi connectivity index (χ1) is 2.77. The van der Waals surface area contributed by atoms with E-state index >= 15 is 0 Å². The van der Waals surface area contributed by atoms with E-state index in [2.05, 4.69) is 4.99 Å². The maximum atomic E-state index is 4.76. The molecule has 0 aliphatic rings. The second-order valence-electron chi connectivity index (χ2n) is 1.23. The molecule has 2 nitrogen and oxygen atoms in total. The molecule has 0 saturated heterocycles. The molecule has 0 saturated carbocycles.